The van der Waals surface area contributed by atoms with Crippen LogP contribution in [0.3, 0.4) is 0 Å². The first-order valence-electron chi connectivity index (χ1n) is 5.26. The summed E-state index contributed by atoms with van der Waals surface area (Å²) >= 11 is 0. The summed E-state index contributed by atoms with van der Waals surface area (Å²) in [4.78, 5) is 2.44. The average Bonchev–Trinajstić information content (AvgIpc) is 2.12. The van der Waals surface area contributed by atoms with Crippen LogP contribution in [0.4, 0.5) is 0 Å². The van der Waals surface area contributed by atoms with Crippen molar-refractivity contribution in [2.45, 2.75) is 26.7 Å². The van der Waals surface area contributed by atoms with E-state index in [-0.39, 0.29) is 0 Å². The molecule has 0 fully saturated rings. The van der Waals surface area contributed by atoms with Crippen molar-refractivity contribution in [2.75, 3.05) is 20.1 Å². The van der Waals surface area contributed by atoms with Crippen molar-refractivity contribution in [3.8, 4) is 0 Å². The fourth-order valence-corrected chi connectivity index (χ4v) is 2.45. The topological polar surface area (TPSA) is 3.24 Å². The maximum Gasteiger partial charge on any atom is 0.0198 e. The zero-order valence-corrected chi connectivity index (χ0v) is 8.93. The number of hydrogen-bond donors (Lipinski definition) is 0. The first kappa shape index (κ1) is 9.01. The molecule has 0 aromatic heterocycles. The molecule has 0 radical (unpaired) electrons. The molecule has 72 valence electrons. The summed E-state index contributed by atoms with van der Waals surface area (Å²) in [5.74, 6) is 0.779. The molecule has 1 aliphatic heterocycles. The van der Waals surface area contributed by atoms with Gasteiger partial charge in [-0.1, -0.05) is 18.6 Å². The normalized spacial score (nSPS) is 30.1. The van der Waals surface area contributed by atoms with Crippen molar-refractivity contribution in [1.29, 1.82) is 0 Å². The third-order valence-corrected chi connectivity index (χ3v) is 3.42. The molecular formula is C12H19N. The monoisotopic (exact) mass is 177 g/mol. The summed E-state index contributed by atoms with van der Waals surface area (Å²) in [6, 6.07) is 0. The van der Waals surface area contributed by atoms with Gasteiger partial charge in [0.25, 0.3) is 0 Å². The van der Waals surface area contributed by atoms with Gasteiger partial charge in [0.05, 0.1) is 0 Å². The Bertz CT molecular complexity index is 273. The second kappa shape index (κ2) is 3.30. The quantitative estimate of drug-likeness (QED) is 0.550. The van der Waals surface area contributed by atoms with E-state index >= 15 is 0 Å². The molecular weight excluding hydrogens is 158 g/mol. The van der Waals surface area contributed by atoms with Crippen molar-refractivity contribution in [2.24, 2.45) is 5.92 Å². The Labute approximate surface area is 81.1 Å². The summed E-state index contributed by atoms with van der Waals surface area (Å²) in [5, 5.41) is 0. The van der Waals surface area contributed by atoms with Crippen LogP contribution in [-0.2, 0) is 0 Å². The van der Waals surface area contributed by atoms with Gasteiger partial charge in [0, 0.05) is 13.1 Å². The lowest BCUT2D eigenvalue weighted by Gasteiger charge is -2.34. The molecule has 13 heavy (non-hydrogen) atoms. The largest absolute Gasteiger partial charge is 0.302 e. The highest BCUT2D eigenvalue weighted by atomic mass is 15.1. The lowest BCUT2D eigenvalue weighted by atomic mass is 9.81. The van der Waals surface area contributed by atoms with Gasteiger partial charge >= 0.3 is 0 Å². The lowest BCUT2D eigenvalue weighted by Crippen LogP contribution is -2.31. The summed E-state index contributed by atoms with van der Waals surface area (Å²) < 4.78 is 0. The van der Waals surface area contributed by atoms with Crippen LogP contribution in [0.2, 0.25) is 0 Å². The van der Waals surface area contributed by atoms with E-state index in [1.807, 2.05) is 0 Å². The zero-order chi connectivity index (χ0) is 9.42. The number of hydrogen-bond acceptors (Lipinski definition) is 1. The molecule has 2 aliphatic rings. The van der Waals surface area contributed by atoms with E-state index in [0.29, 0.717) is 0 Å². The van der Waals surface area contributed by atoms with Gasteiger partial charge in [-0.3, -0.25) is 0 Å². The summed E-state index contributed by atoms with van der Waals surface area (Å²) in [5.41, 5.74) is 4.91. The number of rotatable bonds is 0. The maximum absolute atomic E-state index is 2.44. The molecule has 0 saturated carbocycles. The fourth-order valence-electron chi connectivity index (χ4n) is 2.45. The van der Waals surface area contributed by atoms with Crippen LogP contribution in [0.15, 0.2) is 22.8 Å². The van der Waals surface area contributed by atoms with Gasteiger partial charge in [-0.25, -0.2) is 0 Å². The molecule has 0 aromatic carbocycles. The molecule has 1 aliphatic carbocycles. The van der Waals surface area contributed by atoms with Crippen LogP contribution in [0.5, 0.6) is 0 Å². The average molecular weight is 177 g/mol. The number of likely N-dealkylation sites (N-methyl/N-ethyl adjacent to an activating group) is 1. The van der Waals surface area contributed by atoms with E-state index in [1.165, 1.54) is 25.9 Å². The van der Waals surface area contributed by atoms with Crippen LogP contribution in [0.1, 0.15) is 26.7 Å². The third kappa shape index (κ3) is 1.58. The molecule has 0 aromatic rings. The molecule has 1 atom stereocenters. The molecule has 1 heteroatoms. The molecule has 1 nitrogen and oxygen atoms in total. The van der Waals surface area contributed by atoms with Crippen molar-refractivity contribution in [3.63, 3.8) is 0 Å². The zero-order valence-electron chi connectivity index (χ0n) is 8.93. The predicted octanol–water partition coefficient (Wildman–Crippen LogP) is 2.60. The summed E-state index contributed by atoms with van der Waals surface area (Å²) in [6.45, 7) is 7.06. The fraction of sp³-hybridized carbons (Fsp3) is 0.667. The molecule has 0 bridgehead atoms. The van der Waals surface area contributed by atoms with E-state index in [1.54, 1.807) is 16.7 Å². The Morgan fingerprint density at radius 3 is 3.00 bits per heavy atom. The highest BCUT2D eigenvalue weighted by molar-refractivity contribution is 5.40. The molecule has 0 saturated heterocycles. The molecule has 1 unspecified atom stereocenters. The van der Waals surface area contributed by atoms with Gasteiger partial charge in [0.15, 0.2) is 0 Å². The van der Waals surface area contributed by atoms with Crippen LogP contribution in [0, 0.1) is 5.92 Å². The first-order valence-corrected chi connectivity index (χ1v) is 5.26. The van der Waals surface area contributed by atoms with Crippen LogP contribution >= 0.6 is 0 Å². The van der Waals surface area contributed by atoms with Crippen LogP contribution in [0.25, 0.3) is 0 Å². The first-order chi connectivity index (χ1) is 6.18. The van der Waals surface area contributed by atoms with Gasteiger partial charge in [-0.05, 0) is 43.9 Å². The number of allylic oxidation sites excluding steroid dienone is 2. The summed E-state index contributed by atoms with van der Waals surface area (Å²) in [6.07, 6.45) is 4.92. The van der Waals surface area contributed by atoms with Crippen LogP contribution in [-0.4, -0.2) is 25.0 Å². The minimum atomic E-state index is 0.779. The van der Waals surface area contributed by atoms with E-state index in [2.05, 4.69) is 31.9 Å². The van der Waals surface area contributed by atoms with E-state index in [9.17, 15) is 0 Å². The van der Waals surface area contributed by atoms with Gasteiger partial charge in [0.2, 0.25) is 0 Å². The van der Waals surface area contributed by atoms with Crippen molar-refractivity contribution in [1.82, 2.24) is 4.90 Å². The smallest absolute Gasteiger partial charge is 0.0198 e. The Balaban J connectivity index is 2.32. The standard InChI is InChI=1S/C12H19N/c1-9-4-5-10(2)12-8-13(3)7-6-11(9)12/h4,10H,5-8H2,1-3H3. The molecule has 0 amide bonds. The Morgan fingerprint density at radius 2 is 2.23 bits per heavy atom. The molecule has 1 heterocycles. The minimum Gasteiger partial charge on any atom is -0.302 e. The van der Waals surface area contributed by atoms with Crippen molar-refractivity contribution >= 4 is 0 Å². The SMILES string of the molecule is CC1=CCC(C)C2=C1CCN(C)C2. The maximum atomic E-state index is 2.44. The predicted molar refractivity (Wildman–Crippen MR) is 56.7 cm³/mol. The molecule has 0 spiro atoms. The Hall–Kier alpha value is -0.560. The summed E-state index contributed by atoms with van der Waals surface area (Å²) in [7, 11) is 2.23. The minimum absolute atomic E-state index is 0.779. The highest BCUT2D eigenvalue weighted by Gasteiger charge is 2.23. The van der Waals surface area contributed by atoms with E-state index in [4.69, 9.17) is 0 Å². The van der Waals surface area contributed by atoms with Gasteiger partial charge in [-0.15, -0.1) is 0 Å². The Morgan fingerprint density at radius 1 is 1.46 bits per heavy atom. The van der Waals surface area contributed by atoms with E-state index < -0.39 is 0 Å². The number of nitrogens with zero attached hydrogens (tertiary/aromatic N) is 1. The Kier molecular flexibility index (Phi) is 2.29. The van der Waals surface area contributed by atoms with Crippen molar-refractivity contribution < 1.29 is 0 Å². The van der Waals surface area contributed by atoms with Gasteiger partial charge in [0.1, 0.15) is 0 Å². The lowest BCUT2D eigenvalue weighted by molar-refractivity contribution is 0.330. The molecule has 0 N–H and O–H groups in total. The second-order valence-electron chi connectivity index (χ2n) is 4.52. The highest BCUT2D eigenvalue weighted by Crippen LogP contribution is 2.34. The van der Waals surface area contributed by atoms with Gasteiger partial charge in [-0.2, -0.15) is 0 Å². The second-order valence-corrected chi connectivity index (χ2v) is 4.52. The van der Waals surface area contributed by atoms with E-state index in [0.717, 1.165) is 5.92 Å². The van der Waals surface area contributed by atoms with Gasteiger partial charge < -0.3 is 4.90 Å². The van der Waals surface area contributed by atoms with Crippen molar-refractivity contribution in [3.05, 3.63) is 22.8 Å². The van der Waals surface area contributed by atoms with Crippen LogP contribution < -0.4 is 0 Å². The molecule has 2 rings (SSSR count). The third-order valence-electron chi connectivity index (χ3n) is 3.42.